The van der Waals surface area contributed by atoms with Crippen LogP contribution < -0.4 is 21.9 Å². The van der Waals surface area contributed by atoms with Crippen molar-refractivity contribution in [1.82, 2.24) is 35.0 Å². The van der Waals surface area contributed by atoms with Crippen molar-refractivity contribution in [3.63, 3.8) is 0 Å². The number of anilines is 2. The van der Waals surface area contributed by atoms with Gasteiger partial charge in [-0.05, 0) is 43.5 Å². The zero-order valence-electron chi connectivity index (χ0n) is 20.8. The van der Waals surface area contributed by atoms with Crippen LogP contribution in [0, 0.1) is 0 Å². The Morgan fingerprint density at radius 3 is 2.77 bits per heavy atom. The normalized spacial score (nSPS) is 16.6. The van der Waals surface area contributed by atoms with Gasteiger partial charge < -0.3 is 16.4 Å². The first kappa shape index (κ1) is 24.5. The lowest BCUT2D eigenvalue weighted by Gasteiger charge is -2.15. The molecule has 0 unspecified atom stereocenters. The molecule has 5 aromatic heterocycles. The molecule has 5 aromatic rings. The van der Waals surface area contributed by atoms with Crippen molar-refractivity contribution in [3.05, 3.63) is 75.0 Å². The molecule has 14 heteroatoms. The summed E-state index contributed by atoms with van der Waals surface area (Å²) in [5.74, 6) is 0.181. The van der Waals surface area contributed by atoms with Crippen molar-refractivity contribution < 1.29 is 9.59 Å². The molecule has 0 aromatic carbocycles. The van der Waals surface area contributed by atoms with Gasteiger partial charge in [0, 0.05) is 32.8 Å². The second kappa shape index (κ2) is 9.27. The number of nitrogens with zero attached hydrogens (tertiary/aromatic N) is 6. The highest BCUT2D eigenvalue weighted by Gasteiger charge is 2.56. The van der Waals surface area contributed by atoms with E-state index in [1.54, 1.807) is 30.6 Å². The summed E-state index contributed by atoms with van der Waals surface area (Å²) in [6.07, 6.45) is 6.92. The van der Waals surface area contributed by atoms with Gasteiger partial charge in [-0.15, -0.1) is 21.5 Å². The second-order valence-electron chi connectivity index (χ2n) is 9.83. The Labute approximate surface area is 234 Å². The lowest BCUT2D eigenvalue weighted by molar-refractivity contribution is -0.124. The van der Waals surface area contributed by atoms with Gasteiger partial charge in [0.2, 0.25) is 10.9 Å². The summed E-state index contributed by atoms with van der Waals surface area (Å²) < 4.78 is 2.43. The minimum Gasteiger partial charge on any atom is -0.384 e. The first-order valence-corrected chi connectivity index (χ1v) is 14.1. The molecule has 0 radical (unpaired) electrons. The molecule has 1 aliphatic heterocycles. The summed E-state index contributed by atoms with van der Waals surface area (Å²) >= 11 is 2.59. The number of aromatic nitrogens is 6. The van der Waals surface area contributed by atoms with Gasteiger partial charge in [-0.2, -0.15) is 0 Å². The molecule has 1 atom stereocenters. The summed E-state index contributed by atoms with van der Waals surface area (Å²) in [5.41, 5.74) is 5.61. The van der Waals surface area contributed by atoms with E-state index in [9.17, 15) is 14.4 Å². The molecule has 6 heterocycles. The fourth-order valence-electron chi connectivity index (χ4n) is 5.04. The van der Waals surface area contributed by atoms with Gasteiger partial charge in [0.25, 0.3) is 11.5 Å². The first-order chi connectivity index (χ1) is 19.4. The monoisotopic (exact) mass is 571 g/mol. The highest BCUT2D eigenvalue weighted by atomic mass is 32.1. The number of carbonyl (C=O) groups is 2. The number of fused-ring (bicyclic) bond motifs is 3. The standard InChI is InChI=1S/C26H21N9O3S2/c27-19-8-18-13(10-29-19)7-14(39-18)11-30-20(36)17-9-26(4-5-26)25-31-12-16(24(38)35(17)25)32-21(37)23-34-33-22(40-23)15-3-1-2-6-28-15/h1-3,6-8,10,12,17H,4-5,9,11H2,(H2,27,29)(H,30,36)(H,32,37)/t17-/m0/s1. The maximum atomic E-state index is 13.6. The zero-order chi connectivity index (χ0) is 27.4. The third kappa shape index (κ3) is 4.21. The van der Waals surface area contributed by atoms with E-state index in [1.807, 2.05) is 12.1 Å². The highest BCUT2D eigenvalue weighted by molar-refractivity contribution is 7.19. The van der Waals surface area contributed by atoms with Crippen molar-refractivity contribution in [2.24, 2.45) is 0 Å². The van der Waals surface area contributed by atoms with E-state index in [0.29, 0.717) is 35.3 Å². The van der Waals surface area contributed by atoms with Crippen molar-refractivity contribution in [3.8, 4) is 10.7 Å². The Hall–Kier alpha value is -4.56. The predicted octanol–water partition coefficient (Wildman–Crippen LogP) is 2.89. The molecule has 7 rings (SSSR count). The largest absolute Gasteiger partial charge is 0.384 e. The fourth-order valence-corrected chi connectivity index (χ4v) is 6.78. The molecule has 1 aliphatic carbocycles. The number of amides is 2. The smallest absolute Gasteiger partial charge is 0.286 e. The summed E-state index contributed by atoms with van der Waals surface area (Å²) in [4.78, 5) is 53.7. The first-order valence-electron chi connectivity index (χ1n) is 12.5. The van der Waals surface area contributed by atoms with E-state index >= 15 is 0 Å². The number of nitrogen functional groups attached to an aromatic ring is 1. The Morgan fingerprint density at radius 1 is 1.10 bits per heavy atom. The summed E-state index contributed by atoms with van der Waals surface area (Å²) in [6.45, 7) is 0.311. The van der Waals surface area contributed by atoms with Crippen LogP contribution in [-0.2, 0) is 16.8 Å². The number of rotatable bonds is 6. The van der Waals surface area contributed by atoms with Crippen LogP contribution in [0.4, 0.5) is 11.5 Å². The van der Waals surface area contributed by atoms with Crippen LogP contribution in [0.2, 0.25) is 0 Å². The van der Waals surface area contributed by atoms with Gasteiger partial charge in [0.05, 0.1) is 12.7 Å². The van der Waals surface area contributed by atoms with Gasteiger partial charge in [-0.1, -0.05) is 17.4 Å². The lowest BCUT2D eigenvalue weighted by atomic mass is 10.0. The molecular formula is C26H21N9O3S2. The number of pyridine rings is 2. The Morgan fingerprint density at radius 2 is 1.98 bits per heavy atom. The molecule has 1 fully saturated rings. The summed E-state index contributed by atoms with van der Waals surface area (Å²) in [7, 11) is 0. The molecule has 2 aliphatic rings. The number of hydrogen-bond acceptors (Lipinski definition) is 11. The topological polar surface area (TPSA) is 171 Å². The number of carbonyl (C=O) groups excluding carboxylic acids is 2. The van der Waals surface area contributed by atoms with Crippen LogP contribution in [0.1, 0.15) is 45.8 Å². The molecule has 40 heavy (non-hydrogen) atoms. The number of thiophene rings is 1. The molecule has 2 amide bonds. The summed E-state index contributed by atoms with van der Waals surface area (Å²) in [6, 6.07) is 8.41. The third-order valence-corrected chi connectivity index (χ3v) is 9.22. The maximum Gasteiger partial charge on any atom is 0.286 e. The van der Waals surface area contributed by atoms with Gasteiger partial charge in [-0.3, -0.25) is 23.9 Å². The average Bonchev–Trinajstić information content (AvgIpc) is 3.27. The Kier molecular flexibility index (Phi) is 5.68. The average molecular weight is 572 g/mol. The van der Waals surface area contributed by atoms with E-state index < -0.39 is 17.5 Å². The van der Waals surface area contributed by atoms with E-state index in [4.69, 9.17) is 5.73 Å². The highest BCUT2D eigenvalue weighted by Crippen LogP contribution is 2.56. The molecule has 12 nitrogen and oxygen atoms in total. The van der Waals surface area contributed by atoms with Gasteiger partial charge >= 0.3 is 0 Å². The quantitative estimate of drug-likeness (QED) is 0.277. The van der Waals surface area contributed by atoms with Crippen molar-refractivity contribution in [2.75, 3.05) is 11.1 Å². The maximum absolute atomic E-state index is 13.6. The van der Waals surface area contributed by atoms with Gasteiger partial charge in [-0.25, -0.2) is 9.97 Å². The number of nitrogens with two attached hydrogens (primary N) is 1. The van der Waals surface area contributed by atoms with Crippen molar-refractivity contribution in [2.45, 2.75) is 37.3 Å². The molecule has 1 saturated carbocycles. The van der Waals surface area contributed by atoms with Crippen LogP contribution in [0.5, 0.6) is 0 Å². The van der Waals surface area contributed by atoms with Crippen LogP contribution in [0.15, 0.2) is 53.7 Å². The van der Waals surface area contributed by atoms with Gasteiger partial charge in [0.1, 0.15) is 29.1 Å². The van der Waals surface area contributed by atoms with Crippen LogP contribution in [0.25, 0.3) is 20.8 Å². The second-order valence-corrected chi connectivity index (χ2v) is 12.0. The van der Waals surface area contributed by atoms with Crippen LogP contribution >= 0.6 is 22.7 Å². The Balaban J connectivity index is 1.11. The zero-order valence-corrected chi connectivity index (χ0v) is 22.5. The lowest BCUT2D eigenvalue weighted by Crippen LogP contribution is -2.36. The van der Waals surface area contributed by atoms with E-state index in [1.165, 1.54) is 22.1 Å². The molecule has 0 saturated heterocycles. The molecule has 1 spiro atoms. The third-order valence-electron chi connectivity index (χ3n) is 7.18. The summed E-state index contributed by atoms with van der Waals surface area (Å²) in [5, 5.41) is 15.1. The minimum absolute atomic E-state index is 0.0200. The number of nitrogens with one attached hydrogen (secondary N) is 2. The van der Waals surface area contributed by atoms with Gasteiger partial charge in [0.15, 0.2) is 5.01 Å². The molecule has 200 valence electrons. The van der Waals surface area contributed by atoms with Crippen molar-refractivity contribution >= 4 is 56.1 Å². The van der Waals surface area contributed by atoms with Crippen LogP contribution in [0.3, 0.4) is 0 Å². The fraction of sp³-hybridized carbons (Fsp3) is 0.231. The minimum atomic E-state index is -0.724. The van der Waals surface area contributed by atoms with Crippen LogP contribution in [-0.4, -0.2) is 41.5 Å². The van der Waals surface area contributed by atoms with E-state index in [2.05, 4.69) is 35.8 Å². The van der Waals surface area contributed by atoms with E-state index in [0.717, 1.165) is 39.1 Å². The molecular weight excluding hydrogens is 550 g/mol. The Bertz CT molecular complexity index is 1860. The van der Waals surface area contributed by atoms with E-state index in [-0.39, 0.29) is 22.0 Å². The van der Waals surface area contributed by atoms with Crippen molar-refractivity contribution in [1.29, 1.82) is 0 Å². The SMILES string of the molecule is Nc1cc2sc(CNC(=O)[C@@H]3CC4(CC4)c4ncc(NC(=O)c5nnc(-c6ccccn6)s5)c(=O)n43)cc2cn1. The molecule has 0 bridgehead atoms. The predicted molar refractivity (Wildman–Crippen MR) is 150 cm³/mol. The molecule has 4 N–H and O–H groups in total. The number of hydrogen-bond donors (Lipinski definition) is 3.